The Kier molecular flexibility index (Phi) is 4.76. The first-order valence-corrected chi connectivity index (χ1v) is 7.04. The van der Waals surface area contributed by atoms with Gasteiger partial charge in [-0.25, -0.2) is 0 Å². The number of thiophene rings is 1. The van der Waals surface area contributed by atoms with Crippen LogP contribution in [0.5, 0.6) is 0 Å². The summed E-state index contributed by atoms with van der Waals surface area (Å²) in [6.07, 6.45) is 0.686. The van der Waals surface area contributed by atoms with Crippen molar-refractivity contribution >= 4 is 11.3 Å². The van der Waals surface area contributed by atoms with Crippen molar-refractivity contribution in [2.45, 2.75) is 52.7 Å². The van der Waals surface area contributed by atoms with Crippen LogP contribution in [0.3, 0.4) is 0 Å². The van der Waals surface area contributed by atoms with E-state index >= 15 is 0 Å². The molecule has 1 unspecified atom stereocenters. The van der Waals surface area contributed by atoms with Crippen LogP contribution >= 0.6 is 11.3 Å². The van der Waals surface area contributed by atoms with E-state index in [9.17, 15) is 5.11 Å². The van der Waals surface area contributed by atoms with Crippen molar-refractivity contribution in [3.63, 3.8) is 0 Å². The van der Waals surface area contributed by atoms with Crippen molar-refractivity contribution < 1.29 is 5.11 Å². The summed E-state index contributed by atoms with van der Waals surface area (Å²) < 4.78 is 0. The number of rotatable bonds is 5. The second-order valence-corrected chi connectivity index (χ2v) is 7.51. The van der Waals surface area contributed by atoms with Crippen LogP contribution in [-0.4, -0.2) is 17.2 Å². The molecule has 1 atom stereocenters. The molecule has 0 aliphatic rings. The van der Waals surface area contributed by atoms with Gasteiger partial charge >= 0.3 is 0 Å². The van der Waals surface area contributed by atoms with Gasteiger partial charge in [-0.3, -0.25) is 0 Å². The zero-order valence-corrected chi connectivity index (χ0v) is 12.4. The van der Waals surface area contributed by atoms with Crippen molar-refractivity contribution in [3.8, 4) is 0 Å². The third kappa shape index (κ3) is 5.66. The Morgan fingerprint density at radius 3 is 2.41 bits per heavy atom. The smallest absolute Gasteiger partial charge is 0.101 e. The molecule has 0 saturated carbocycles. The minimum atomic E-state index is -0.394. The molecule has 0 amide bonds. The van der Waals surface area contributed by atoms with Crippen LogP contribution in [0.15, 0.2) is 17.5 Å². The van der Waals surface area contributed by atoms with Gasteiger partial charge in [0.15, 0.2) is 0 Å². The van der Waals surface area contributed by atoms with E-state index in [4.69, 9.17) is 0 Å². The average molecular weight is 255 g/mol. The Labute approximate surface area is 109 Å². The SMILES string of the molecule is CC(C)(C)CC(C)(C)NCC(O)c1cccs1. The molecule has 0 spiro atoms. The zero-order valence-electron chi connectivity index (χ0n) is 11.6. The maximum Gasteiger partial charge on any atom is 0.101 e. The highest BCUT2D eigenvalue weighted by Gasteiger charge is 2.25. The van der Waals surface area contributed by atoms with Crippen LogP contribution in [0.2, 0.25) is 0 Å². The van der Waals surface area contributed by atoms with E-state index in [1.165, 1.54) is 0 Å². The van der Waals surface area contributed by atoms with Crippen LogP contribution in [0.25, 0.3) is 0 Å². The number of aliphatic hydroxyl groups excluding tert-OH is 1. The van der Waals surface area contributed by atoms with Crippen LogP contribution in [0.4, 0.5) is 0 Å². The Bertz CT molecular complexity index is 324. The van der Waals surface area contributed by atoms with Gasteiger partial charge in [0.2, 0.25) is 0 Å². The van der Waals surface area contributed by atoms with E-state index in [2.05, 4.69) is 39.9 Å². The lowest BCUT2D eigenvalue weighted by Gasteiger charge is -2.34. The molecule has 0 fully saturated rings. The summed E-state index contributed by atoms with van der Waals surface area (Å²) >= 11 is 1.60. The zero-order chi connectivity index (χ0) is 13.1. The molecular formula is C14H25NOS. The number of aliphatic hydroxyl groups is 1. The van der Waals surface area contributed by atoms with E-state index in [0.717, 1.165) is 11.3 Å². The normalized spacial score (nSPS) is 14.9. The second kappa shape index (κ2) is 5.51. The molecule has 1 aromatic heterocycles. The molecule has 1 rings (SSSR count). The van der Waals surface area contributed by atoms with Gasteiger partial charge in [-0.15, -0.1) is 11.3 Å². The lowest BCUT2D eigenvalue weighted by Crippen LogP contribution is -2.44. The first kappa shape index (κ1) is 14.7. The fraction of sp³-hybridized carbons (Fsp3) is 0.714. The van der Waals surface area contributed by atoms with E-state index in [1.54, 1.807) is 11.3 Å². The van der Waals surface area contributed by atoms with Gasteiger partial charge in [-0.1, -0.05) is 26.8 Å². The summed E-state index contributed by atoms with van der Waals surface area (Å²) in [5.74, 6) is 0. The van der Waals surface area contributed by atoms with Crippen molar-refractivity contribution in [3.05, 3.63) is 22.4 Å². The summed E-state index contributed by atoms with van der Waals surface area (Å²) in [4.78, 5) is 1.03. The molecule has 0 saturated heterocycles. The summed E-state index contributed by atoms with van der Waals surface area (Å²) in [6.45, 7) is 11.7. The molecule has 3 heteroatoms. The third-order valence-corrected chi connectivity index (χ3v) is 3.59. The molecule has 1 heterocycles. The van der Waals surface area contributed by atoms with Crippen LogP contribution in [-0.2, 0) is 0 Å². The average Bonchev–Trinajstić information content (AvgIpc) is 2.63. The maximum atomic E-state index is 10.0. The fourth-order valence-electron chi connectivity index (χ4n) is 2.34. The van der Waals surface area contributed by atoms with E-state index < -0.39 is 6.10 Å². The van der Waals surface area contributed by atoms with Crippen molar-refractivity contribution in [2.75, 3.05) is 6.54 Å². The predicted octanol–water partition coefficient (Wildman–Crippen LogP) is 3.59. The molecule has 17 heavy (non-hydrogen) atoms. The predicted molar refractivity (Wildman–Crippen MR) is 75.4 cm³/mol. The monoisotopic (exact) mass is 255 g/mol. The Hall–Kier alpha value is -0.380. The van der Waals surface area contributed by atoms with E-state index in [1.807, 2.05) is 17.5 Å². The van der Waals surface area contributed by atoms with Crippen molar-refractivity contribution in [2.24, 2.45) is 5.41 Å². The second-order valence-electron chi connectivity index (χ2n) is 6.53. The third-order valence-electron chi connectivity index (χ3n) is 2.62. The van der Waals surface area contributed by atoms with E-state index in [-0.39, 0.29) is 5.54 Å². The summed E-state index contributed by atoms with van der Waals surface area (Å²) in [5.41, 5.74) is 0.348. The topological polar surface area (TPSA) is 32.3 Å². The van der Waals surface area contributed by atoms with Gasteiger partial charge in [0.1, 0.15) is 6.10 Å². The van der Waals surface area contributed by atoms with Gasteiger partial charge in [0, 0.05) is 17.0 Å². The molecular weight excluding hydrogens is 230 g/mol. The number of β-amino-alcohol motifs (C(OH)–C–C–N with tert-alkyl or cyclic N) is 1. The Morgan fingerprint density at radius 2 is 1.94 bits per heavy atom. The van der Waals surface area contributed by atoms with Gasteiger partial charge in [-0.2, -0.15) is 0 Å². The molecule has 0 aromatic carbocycles. The highest BCUT2D eigenvalue weighted by Crippen LogP contribution is 2.27. The van der Waals surface area contributed by atoms with Crippen LogP contribution in [0, 0.1) is 5.41 Å². The van der Waals surface area contributed by atoms with Gasteiger partial charge in [0.25, 0.3) is 0 Å². The number of nitrogens with one attached hydrogen (secondary N) is 1. The van der Waals surface area contributed by atoms with Gasteiger partial charge in [0.05, 0.1) is 0 Å². The molecule has 2 nitrogen and oxygen atoms in total. The maximum absolute atomic E-state index is 10.0. The van der Waals surface area contributed by atoms with Crippen molar-refractivity contribution in [1.82, 2.24) is 5.32 Å². The largest absolute Gasteiger partial charge is 0.386 e. The standard InChI is InChI=1S/C14H25NOS/c1-13(2,3)10-14(4,5)15-9-11(16)12-7-6-8-17-12/h6-8,11,15-16H,9-10H2,1-5H3. The van der Waals surface area contributed by atoms with E-state index in [0.29, 0.717) is 12.0 Å². The first-order chi connectivity index (χ1) is 7.70. The molecule has 2 N–H and O–H groups in total. The lowest BCUT2D eigenvalue weighted by molar-refractivity contribution is 0.151. The number of hydrogen-bond donors (Lipinski definition) is 2. The lowest BCUT2D eigenvalue weighted by atomic mass is 9.82. The fourth-order valence-corrected chi connectivity index (χ4v) is 3.05. The molecule has 0 radical (unpaired) electrons. The highest BCUT2D eigenvalue weighted by atomic mass is 32.1. The van der Waals surface area contributed by atoms with Gasteiger partial charge < -0.3 is 10.4 Å². The van der Waals surface area contributed by atoms with Crippen molar-refractivity contribution in [1.29, 1.82) is 0 Å². The first-order valence-electron chi connectivity index (χ1n) is 6.16. The number of hydrogen-bond acceptors (Lipinski definition) is 3. The Morgan fingerprint density at radius 1 is 1.29 bits per heavy atom. The quantitative estimate of drug-likeness (QED) is 0.843. The van der Waals surface area contributed by atoms with Crippen LogP contribution < -0.4 is 5.32 Å². The van der Waals surface area contributed by atoms with Gasteiger partial charge in [-0.05, 0) is 37.1 Å². The molecule has 0 aliphatic heterocycles. The Balaban J connectivity index is 2.44. The minimum absolute atomic E-state index is 0.0521. The molecule has 1 aromatic rings. The summed E-state index contributed by atoms with van der Waals surface area (Å²) in [6, 6.07) is 3.96. The summed E-state index contributed by atoms with van der Waals surface area (Å²) in [5, 5.41) is 15.5. The molecule has 0 bridgehead atoms. The molecule has 98 valence electrons. The van der Waals surface area contributed by atoms with Crippen LogP contribution in [0.1, 0.15) is 52.0 Å². The highest BCUT2D eigenvalue weighted by molar-refractivity contribution is 7.10. The minimum Gasteiger partial charge on any atom is -0.386 e. The molecule has 0 aliphatic carbocycles. The summed E-state index contributed by atoms with van der Waals surface area (Å²) in [7, 11) is 0.